The van der Waals surface area contributed by atoms with Crippen molar-refractivity contribution in [2.24, 2.45) is 0 Å². The van der Waals surface area contributed by atoms with Crippen LogP contribution in [0.4, 0.5) is 0 Å². The summed E-state index contributed by atoms with van der Waals surface area (Å²) in [7, 11) is 0. The third-order valence-electron chi connectivity index (χ3n) is 3.49. The number of hydrogen-bond acceptors (Lipinski definition) is 6. The van der Waals surface area contributed by atoms with E-state index >= 15 is 0 Å². The van der Waals surface area contributed by atoms with Gasteiger partial charge in [-0.3, -0.25) is 0 Å². The van der Waals surface area contributed by atoms with Gasteiger partial charge in [0.05, 0.1) is 0 Å². The molecule has 0 aliphatic carbocycles. The maximum atomic E-state index is 8.93. The van der Waals surface area contributed by atoms with Crippen LogP contribution in [0.15, 0.2) is 0 Å². The molecule has 1 rings (SSSR count). The molecule has 0 radical (unpaired) electrons. The standard InChI is InChI=1S/C13H26O6/c1-5-6-7-8-9-10-11-15-18-12(2,3)13(4,17-14)19-16-11/h11,14H,5-10H2,1-4H3. The van der Waals surface area contributed by atoms with Gasteiger partial charge in [-0.25, -0.2) is 15.0 Å². The molecule has 1 heterocycles. The third-order valence-corrected chi connectivity index (χ3v) is 3.49. The highest BCUT2D eigenvalue weighted by atomic mass is 17.4. The SMILES string of the molecule is CCCCCCCC1OOC(C)(C)C(C)(OO)OO1. The second-order valence-corrected chi connectivity index (χ2v) is 5.54. The van der Waals surface area contributed by atoms with Crippen LogP contribution in [-0.4, -0.2) is 22.9 Å². The van der Waals surface area contributed by atoms with Crippen LogP contribution in [0.25, 0.3) is 0 Å². The molecule has 6 nitrogen and oxygen atoms in total. The van der Waals surface area contributed by atoms with Gasteiger partial charge < -0.3 is 0 Å². The highest BCUT2D eigenvalue weighted by Crippen LogP contribution is 2.34. The summed E-state index contributed by atoms with van der Waals surface area (Å²) >= 11 is 0. The molecule has 1 aliphatic heterocycles. The van der Waals surface area contributed by atoms with Crippen LogP contribution < -0.4 is 0 Å². The molecule has 6 heteroatoms. The molecule has 1 N–H and O–H groups in total. The highest BCUT2D eigenvalue weighted by Gasteiger charge is 2.51. The van der Waals surface area contributed by atoms with E-state index in [9.17, 15) is 0 Å². The van der Waals surface area contributed by atoms with Gasteiger partial charge in [0.2, 0.25) is 6.29 Å². The second kappa shape index (κ2) is 7.52. The van der Waals surface area contributed by atoms with Crippen LogP contribution in [0.3, 0.4) is 0 Å². The topological polar surface area (TPSA) is 66.4 Å². The molecule has 19 heavy (non-hydrogen) atoms. The molecule has 0 amide bonds. The Labute approximate surface area is 114 Å². The summed E-state index contributed by atoms with van der Waals surface area (Å²) in [4.78, 5) is 25.0. The monoisotopic (exact) mass is 278 g/mol. The first-order valence-electron chi connectivity index (χ1n) is 6.97. The van der Waals surface area contributed by atoms with E-state index in [1.54, 1.807) is 13.8 Å². The van der Waals surface area contributed by atoms with E-state index in [2.05, 4.69) is 11.8 Å². The van der Waals surface area contributed by atoms with Gasteiger partial charge in [-0.2, -0.15) is 14.7 Å². The fourth-order valence-electron chi connectivity index (χ4n) is 1.65. The van der Waals surface area contributed by atoms with Crippen molar-refractivity contribution in [1.29, 1.82) is 0 Å². The van der Waals surface area contributed by atoms with E-state index in [0.717, 1.165) is 12.8 Å². The van der Waals surface area contributed by atoms with Gasteiger partial charge >= 0.3 is 0 Å². The van der Waals surface area contributed by atoms with Gasteiger partial charge in [-0.15, -0.1) is 0 Å². The fourth-order valence-corrected chi connectivity index (χ4v) is 1.65. The summed E-state index contributed by atoms with van der Waals surface area (Å²) < 4.78 is 0. The predicted octanol–water partition coefficient (Wildman–Crippen LogP) is 3.57. The Kier molecular flexibility index (Phi) is 6.65. The van der Waals surface area contributed by atoms with Crippen LogP contribution in [0.5, 0.6) is 0 Å². The Morgan fingerprint density at radius 1 is 1.00 bits per heavy atom. The first-order chi connectivity index (χ1) is 8.95. The number of rotatable bonds is 7. The average Bonchev–Trinajstić information content (AvgIpc) is 2.50. The lowest BCUT2D eigenvalue weighted by molar-refractivity contribution is -0.517. The summed E-state index contributed by atoms with van der Waals surface area (Å²) in [6, 6.07) is 0. The van der Waals surface area contributed by atoms with E-state index in [1.807, 2.05) is 0 Å². The van der Waals surface area contributed by atoms with Gasteiger partial charge in [0, 0.05) is 6.42 Å². The van der Waals surface area contributed by atoms with Crippen molar-refractivity contribution in [3.8, 4) is 0 Å². The van der Waals surface area contributed by atoms with E-state index in [1.165, 1.54) is 26.2 Å². The van der Waals surface area contributed by atoms with Crippen LogP contribution in [0.1, 0.15) is 66.2 Å². The van der Waals surface area contributed by atoms with Gasteiger partial charge in [0.1, 0.15) is 0 Å². The first-order valence-corrected chi connectivity index (χ1v) is 6.97. The van der Waals surface area contributed by atoms with Crippen LogP contribution in [0.2, 0.25) is 0 Å². The summed E-state index contributed by atoms with van der Waals surface area (Å²) in [6.45, 7) is 7.05. The Bertz CT molecular complexity index is 258. The summed E-state index contributed by atoms with van der Waals surface area (Å²) in [5.41, 5.74) is -1.00. The van der Waals surface area contributed by atoms with Crippen molar-refractivity contribution >= 4 is 0 Å². The zero-order valence-electron chi connectivity index (χ0n) is 12.3. The average molecular weight is 278 g/mol. The molecule has 2 unspecified atom stereocenters. The number of unbranched alkanes of at least 4 members (excludes halogenated alkanes) is 4. The van der Waals surface area contributed by atoms with Gasteiger partial charge in [-0.05, 0) is 27.2 Å². The van der Waals surface area contributed by atoms with Crippen molar-refractivity contribution in [3.05, 3.63) is 0 Å². The van der Waals surface area contributed by atoms with E-state index < -0.39 is 17.7 Å². The van der Waals surface area contributed by atoms with E-state index in [0.29, 0.717) is 6.42 Å². The molecule has 1 fully saturated rings. The zero-order chi connectivity index (χ0) is 14.4. The van der Waals surface area contributed by atoms with E-state index in [4.69, 9.17) is 24.8 Å². The molecule has 0 aromatic heterocycles. The molecule has 0 saturated carbocycles. The second-order valence-electron chi connectivity index (χ2n) is 5.54. The fraction of sp³-hybridized carbons (Fsp3) is 1.00. The predicted molar refractivity (Wildman–Crippen MR) is 67.7 cm³/mol. The summed E-state index contributed by atoms with van der Waals surface area (Å²) in [5, 5.41) is 8.93. The molecular formula is C13H26O6. The maximum Gasteiger partial charge on any atom is 0.262 e. The lowest BCUT2D eigenvalue weighted by Crippen LogP contribution is -2.51. The molecule has 114 valence electrons. The van der Waals surface area contributed by atoms with E-state index in [-0.39, 0.29) is 0 Å². The van der Waals surface area contributed by atoms with Crippen molar-refractivity contribution in [2.75, 3.05) is 0 Å². The molecule has 0 bridgehead atoms. The Balaban J connectivity index is 2.37. The minimum absolute atomic E-state index is 0.613. The molecule has 0 spiro atoms. The zero-order valence-corrected chi connectivity index (χ0v) is 12.3. The van der Waals surface area contributed by atoms with Crippen LogP contribution in [-0.2, 0) is 24.4 Å². The Hall–Kier alpha value is -0.240. The molecular weight excluding hydrogens is 252 g/mol. The first kappa shape index (κ1) is 16.8. The third kappa shape index (κ3) is 4.66. The molecule has 1 aliphatic rings. The quantitative estimate of drug-likeness (QED) is 0.436. The summed E-state index contributed by atoms with van der Waals surface area (Å²) in [6.07, 6.45) is 5.79. The Morgan fingerprint density at radius 3 is 2.26 bits per heavy atom. The summed E-state index contributed by atoms with van der Waals surface area (Å²) in [5.74, 6) is -1.44. The lowest BCUT2D eigenvalue weighted by atomic mass is 10.00. The molecule has 0 aromatic rings. The largest absolute Gasteiger partial charge is 0.262 e. The maximum absolute atomic E-state index is 8.93. The minimum Gasteiger partial charge on any atom is -0.249 e. The van der Waals surface area contributed by atoms with Gasteiger partial charge in [0.15, 0.2) is 5.60 Å². The lowest BCUT2D eigenvalue weighted by Gasteiger charge is -2.34. The smallest absolute Gasteiger partial charge is 0.249 e. The van der Waals surface area contributed by atoms with Crippen molar-refractivity contribution < 1.29 is 29.7 Å². The van der Waals surface area contributed by atoms with Crippen molar-refractivity contribution in [3.63, 3.8) is 0 Å². The van der Waals surface area contributed by atoms with Crippen LogP contribution in [0, 0.1) is 0 Å². The highest BCUT2D eigenvalue weighted by molar-refractivity contribution is 4.83. The van der Waals surface area contributed by atoms with Crippen molar-refractivity contribution in [2.45, 2.75) is 83.9 Å². The minimum atomic E-state index is -1.44. The van der Waals surface area contributed by atoms with Gasteiger partial charge in [0.25, 0.3) is 5.79 Å². The number of hydrogen-bond donors (Lipinski definition) is 1. The van der Waals surface area contributed by atoms with Crippen LogP contribution >= 0.6 is 0 Å². The normalized spacial score (nSPS) is 31.1. The molecule has 2 atom stereocenters. The molecule has 1 saturated heterocycles. The van der Waals surface area contributed by atoms with Crippen molar-refractivity contribution in [1.82, 2.24) is 0 Å². The van der Waals surface area contributed by atoms with Gasteiger partial charge in [-0.1, -0.05) is 32.6 Å². The molecule has 0 aromatic carbocycles. The Morgan fingerprint density at radius 2 is 1.63 bits per heavy atom.